The summed E-state index contributed by atoms with van der Waals surface area (Å²) in [6.07, 6.45) is 4.18. The van der Waals surface area contributed by atoms with Crippen LogP contribution in [0.1, 0.15) is 22.6 Å². The van der Waals surface area contributed by atoms with Gasteiger partial charge < -0.3 is 4.90 Å². The normalized spacial score (nSPS) is 13.6. The molecule has 1 aliphatic rings. The summed E-state index contributed by atoms with van der Waals surface area (Å²) >= 11 is 6.23. The van der Waals surface area contributed by atoms with Crippen LogP contribution in [0.15, 0.2) is 30.6 Å². The summed E-state index contributed by atoms with van der Waals surface area (Å²) < 4.78 is 13.1. The number of pyridine rings is 2. The van der Waals surface area contributed by atoms with Gasteiger partial charge in [0.1, 0.15) is 16.8 Å². The third kappa shape index (κ3) is 3.12. The predicted molar refractivity (Wildman–Crippen MR) is 98.7 cm³/mol. The van der Waals surface area contributed by atoms with E-state index in [1.165, 1.54) is 12.3 Å². The molecule has 0 spiro atoms. The largest absolute Gasteiger partial charge is 0.351 e. The molecule has 3 aromatic heterocycles. The van der Waals surface area contributed by atoms with Gasteiger partial charge in [-0.25, -0.2) is 15.0 Å². The predicted octanol–water partition coefficient (Wildman–Crippen LogP) is 3.91. The van der Waals surface area contributed by atoms with Crippen LogP contribution in [-0.2, 0) is 13.0 Å². The average Bonchev–Trinajstić information content (AvgIpc) is 2.64. The van der Waals surface area contributed by atoms with Crippen molar-refractivity contribution in [1.82, 2.24) is 19.9 Å². The summed E-state index contributed by atoms with van der Waals surface area (Å²) in [7, 11) is 0. The number of hydrogen-bond donors (Lipinski definition) is 0. The molecular formula is C19H17ClFN5. The Morgan fingerprint density at radius 2 is 1.88 bits per heavy atom. The Morgan fingerprint density at radius 1 is 1.08 bits per heavy atom. The molecule has 3 aromatic rings. The number of rotatable bonds is 2. The van der Waals surface area contributed by atoms with Gasteiger partial charge in [0.15, 0.2) is 0 Å². The third-order valence-electron chi connectivity index (χ3n) is 4.57. The van der Waals surface area contributed by atoms with Crippen molar-refractivity contribution in [3.63, 3.8) is 0 Å². The van der Waals surface area contributed by atoms with Crippen LogP contribution in [0, 0.1) is 19.8 Å². The fourth-order valence-corrected chi connectivity index (χ4v) is 3.41. The maximum atomic E-state index is 13.1. The van der Waals surface area contributed by atoms with E-state index in [4.69, 9.17) is 11.6 Å². The van der Waals surface area contributed by atoms with Gasteiger partial charge in [0.25, 0.3) is 0 Å². The van der Waals surface area contributed by atoms with Crippen LogP contribution in [0.5, 0.6) is 0 Å². The van der Waals surface area contributed by atoms with Crippen molar-refractivity contribution in [2.24, 2.45) is 0 Å². The van der Waals surface area contributed by atoms with Crippen molar-refractivity contribution in [3.05, 3.63) is 64.3 Å². The summed E-state index contributed by atoms with van der Waals surface area (Å²) in [5.74, 6) is 1.03. The van der Waals surface area contributed by atoms with Crippen molar-refractivity contribution < 1.29 is 4.39 Å². The molecule has 1 aliphatic heterocycles. The molecule has 0 saturated carbocycles. The minimum absolute atomic E-state index is 0.488. The third-order valence-corrected chi connectivity index (χ3v) is 4.94. The average molecular weight is 370 g/mol. The van der Waals surface area contributed by atoms with Gasteiger partial charge in [-0.1, -0.05) is 11.6 Å². The Labute approximate surface area is 155 Å². The Balaban J connectivity index is 1.68. The Morgan fingerprint density at radius 3 is 2.65 bits per heavy atom. The molecule has 4 heterocycles. The molecule has 0 radical (unpaired) electrons. The van der Waals surface area contributed by atoms with Gasteiger partial charge in [0, 0.05) is 54.3 Å². The van der Waals surface area contributed by atoms with Crippen LogP contribution in [0.4, 0.5) is 10.2 Å². The van der Waals surface area contributed by atoms with E-state index in [9.17, 15) is 4.39 Å². The van der Waals surface area contributed by atoms with Crippen LogP contribution in [0.25, 0.3) is 11.1 Å². The van der Waals surface area contributed by atoms with Crippen LogP contribution < -0.4 is 4.90 Å². The molecule has 0 atom stereocenters. The highest BCUT2D eigenvalue weighted by Crippen LogP contribution is 2.29. The van der Waals surface area contributed by atoms with Gasteiger partial charge in [0.2, 0.25) is 5.95 Å². The lowest BCUT2D eigenvalue weighted by Crippen LogP contribution is -2.32. The van der Waals surface area contributed by atoms with Crippen molar-refractivity contribution >= 4 is 17.4 Å². The molecule has 7 heteroatoms. The highest BCUT2D eigenvalue weighted by molar-refractivity contribution is 6.30. The monoisotopic (exact) mass is 369 g/mol. The number of aromatic nitrogens is 4. The number of halogens is 2. The van der Waals surface area contributed by atoms with E-state index in [0.29, 0.717) is 17.5 Å². The summed E-state index contributed by atoms with van der Waals surface area (Å²) in [6.45, 7) is 5.29. The molecule has 0 unspecified atom stereocenters. The summed E-state index contributed by atoms with van der Waals surface area (Å²) in [4.78, 5) is 19.3. The van der Waals surface area contributed by atoms with Gasteiger partial charge in [-0.15, -0.1) is 0 Å². The fraction of sp³-hybridized carbons (Fsp3) is 0.263. The summed E-state index contributed by atoms with van der Waals surface area (Å²) in [6, 6.07) is 5.16. The first kappa shape index (κ1) is 16.8. The first-order valence-corrected chi connectivity index (χ1v) is 8.74. The molecule has 0 bridgehead atoms. The highest BCUT2D eigenvalue weighted by Gasteiger charge is 2.22. The lowest BCUT2D eigenvalue weighted by molar-refractivity contribution is 0.584. The minimum Gasteiger partial charge on any atom is -0.351 e. The van der Waals surface area contributed by atoms with Crippen LogP contribution in [0.3, 0.4) is 0 Å². The quantitative estimate of drug-likeness (QED) is 0.506. The molecule has 0 fully saturated rings. The van der Waals surface area contributed by atoms with Gasteiger partial charge in [0.05, 0.1) is 0 Å². The van der Waals surface area contributed by atoms with E-state index in [1.54, 1.807) is 6.07 Å². The number of aryl methyl sites for hydroxylation is 1. The van der Waals surface area contributed by atoms with Gasteiger partial charge >= 0.3 is 0 Å². The van der Waals surface area contributed by atoms with Crippen molar-refractivity contribution in [1.29, 1.82) is 0 Å². The van der Waals surface area contributed by atoms with E-state index in [1.807, 2.05) is 20.0 Å². The van der Waals surface area contributed by atoms with E-state index < -0.39 is 5.95 Å². The summed E-state index contributed by atoms with van der Waals surface area (Å²) in [5, 5.41) is 0.488. The van der Waals surface area contributed by atoms with E-state index in [-0.39, 0.29) is 0 Å². The fourth-order valence-electron chi connectivity index (χ4n) is 3.20. The number of nitrogens with zero attached hydrogens (tertiary/aromatic N) is 5. The number of fused-ring (bicyclic) bond motifs is 1. The van der Waals surface area contributed by atoms with Gasteiger partial charge in [-0.3, -0.25) is 4.98 Å². The molecule has 0 aromatic carbocycles. The topological polar surface area (TPSA) is 54.8 Å². The lowest BCUT2D eigenvalue weighted by atomic mass is 10.0. The molecule has 0 saturated heterocycles. The molecule has 0 aliphatic carbocycles. The van der Waals surface area contributed by atoms with Crippen LogP contribution in [0.2, 0.25) is 5.15 Å². The molecule has 26 heavy (non-hydrogen) atoms. The highest BCUT2D eigenvalue weighted by atomic mass is 35.5. The minimum atomic E-state index is -0.489. The van der Waals surface area contributed by atoms with Gasteiger partial charge in [-0.05, 0) is 37.6 Å². The smallest absolute Gasteiger partial charge is 0.212 e. The molecule has 0 N–H and O–H groups in total. The van der Waals surface area contributed by atoms with Gasteiger partial charge in [-0.2, -0.15) is 4.39 Å². The van der Waals surface area contributed by atoms with Crippen molar-refractivity contribution in [2.45, 2.75) is 26.8 Å². The summed E-state index contributed by atoms with van der Waals surface area (Å²) in [5.41, 5.74) is 4.86. The number of anilines is 1. The lowest BCUT2D eigenvalue weighted by Gasteiger charge is -2.30. The van der Waals surface area contributed by atoms with E-state index >= 15 is 0 Å². The maximum absolute atomic E-state index is 13.1. The van der Waals surface area contributed by atoms with E-state index in [0.717, 1.165) is 46.7 Å². The van der Waals surface area contributed by atoms with E-state index in [2.05, 4.69) is 30.9 Å². The Bertz CT molecular complexity index is 974. The second-order valence-electron chi connectivity index (χ2n) is 6.38. The second-order valence-corrected chi connectivity index (χ2v) is 6.74. The second kappa shape index (κ2) is 6.61. The number of hydrogen-bond acceptors (Lipinski definition) is 5. The maximum Gasteiger partial charge on any atom is 0.212 e. The zero-order valence-corrected chi connectivity index (χ0v) is 15.3. The Hall–Kier alpha value is -2.60. The first-order chi connectivity index (χ1) is 12.5. The first-order valence-electron chi connectivity index (χ1n) is 8.36. The zero-order chi connectivity index (χ0) is 18.3. The molecule has 4 rings (SSSR count). The molecule has 132 valence electrons. The Kier molecular flexibility index (Phi) is 4.28. The molecular weight excluding hydrogens is 353 g/mol. The van der Waals surface area contributed by atoms with Crippen LogP contribution in [-0.4, -0.2) is 26.5 Å². The van der Waals surface area contributed by atoms with Crippen LogP contribution >= 0.6 is 11.6 Å². The SMILES string of the molecule is Cc1nc(Cl)c(C)c(N2CCc3ncc(-c4ccc(F)nc4)cc3C2)n1. The van der Waals surface area contributed by atoms with Crippen molar-refractivity contribution in [3.8, 4) is 11.1 Å². The standard InChI is InChI=1S/C19H17ClFN5/c1-11-18(20)24-12(2)25-19(11)26-6-5-16-15(10-26)7-14(9-22-16)13-3-4-17(21)23-8-13/h3-4,7-9H,5-6,10H2,1-2H3. The zero-order valence-electron chi connectivity index (χ0n) is 14.5. The molecule has 0 amide bonds. The molecule has 5 nitrogen and oxygen atoms in total. The van der Waals surface area contributed by atoms with Crippen molar-refractivity contribution in [2.75, 3.05) is 11.4 Å².